The summed E-state index contributed by atoms with van der Waals surface area (Å²) in [5, 5.41) is 14.4. The molecule has 1 amide bonds. The van der Waals surface area contributed by atoms with Gasteiger partial charge < -0.3 is 15.4 Å². The van der Waals surface area contributed by atoms with Crippen LogP contribution in [0.4, 0.5) is 17.3 Å². The Hall–Kier alpha value is -4.42. The van der Waals surface area contributed by atoms with Gasteiger partial charge in [-0.25, -0.2) is 18.4 Å². The van der Waals surface area contributed by atoms with Crippen LogP contribution in [0.15, 0.2) is 81.9 Å². The number of hydrogen-bond donors (Lipinski definition) is 3. The predicted octanol–water partition coefficient (Wildman–Crippen LogP) is 5.09. The third-order valence-electron chi connectivity index (χ3n) is 6.53. The molecule has 2 heterocycles. The number of carbonyl (C=O) groups excluding carboxylic acids is 1. The van der Waals surface area contributed by atoms with Crippen LogP contribution < -0.4 is 25.0 Å². The number of methoxy groups -OCH3 is 1. The molecule has 0 radical (unpaired) electrons. The Bertz CT molecular complexity index is 1790. The van der Waals surface area contributed by atoms with Crippen molar-refractivity contribution >= 4 is 55.9 Å². The van der Waals surface area contributed by atoms with E-state index in [4.69, 9.17) is 16.3 Å². The number of carbonyl (C=O) groups is 1. The molecule has 0 spiro atoms. The molecule has 5 rings (SSSR count). The zero-order valence-electron chi connectivity index (χ0n) is 22.6. The van der Waals surface area contributed by atoms with Gasteiger partial charge in [0.15, 0.2) is 11.6 Å². The Balaban J connectivity index is 1.40. The molecule has 1 atom stereocenters. The van der Waals surface area contributed by atoms with Crippen molar-refractivity contribution in [2.75, 3.05) is 30.2 Å². The number of amides is 1. The van der Waals surface area contributed by atoms with Crippen LogP contribution in [0.3, 0.4) is 0 Å². The standard InChI is InChI=1S/C28H27ClN8O4S/c1-41-20-12-13-22(29)25(16-20)34-26-27(33-24-11-3-2-10-23(24)32-26)36-42(39,40)21-9-6-7-18(15-21)28(38)35-37-31-17-19-8-4-5-14-30-19/h2-3,6-7,9-13,15-16,19,30H,4-5,8,14,17H2,1H3,(H,31,35,38)/p+1. The average molecular weight is 608 g/mol. The maximum absolute atomic E-state index is 13.5. The number of nitrogens with zero attached hydrogens (tertiary/aromatic N) is 5. The molecule has 3 N–H and O–H groups in total. The van der Waals surface area contributed by atoms with Crippen LogP contribution in [0.2, 0.25) is 5.02 Å². The number of sulfonamides is 1. The van der Waals surface area contributed by atoms with Crippen molar-refractivity contribution in [3.05, 3.63) is 77.3 Å². The smallest absolute Gasteiger partial charge is 0.360 e. The zero-order chi connectivity index (χ0) is 29.5. The van der Waals surface area contributed by atoms with E-state index in [-0.39, 0.29) is 28.1 Å². The largest absolute Gasteiger partial charge is 0.497 e. The van der Waals surface area contributed by atoms with Crippen molar-refractivity contribution < 1.29 is 17.9 Å². The third kappa shape index (κ3) is 7.07. The number of nitrogens with one attached hydrogen (secondary N) is 3. The number of piperidine rings is 1. The van der Waals surface area contributed by atoms with Crippen LogP contribution in [-0.2, 0) is 10.0 Å². The normalized spacial score (nSPS) is 15.0. The molecule has 3 aromatic carbocycles. The fourth-order valence-corrected chi connectivity index (χ4v) is 5.56. The molecule has 12 nitrogen and oxygen atoms in total. The molecule has 14 heteroatoms. The number of halogens is 1. The summed E-state index contributed by atoms with van der Waals surface area (Å²) in [6, 6.07) is 17.7. The number of para-hydroxylation sites is 2. The van der Waals surface area contributed by atoms with Crippen LogP contribution in [0.5, 0.6) is 5.75 Å². The lowest BCUT2D eigenvalue weighted by Crippen LogP contribution is -2.36. The minimum atomic E-state index is -4.22. The van der Waals surface area contributed by atoms with E-state index in [0.717, 1.165) is 25.8 Å². The third-order valence-corrected chi connectivity index (χ3v) is 8.20. The molecule has 1 saturated heterocycles. The highest BCUT2D eigenvalue weighted by Gasteiger charge is 2.22. The van der Waals surface area contributed by atoms with Crippen molar-refractivity contribution in [3.63, 3.8) is 0 Å². The molecule has 1 aromatic heterocycles. The van der Waals surface area contributed by atoms with Gasteiger partial charge in [-0.05, 0) is 61.9 Å². The first-order valence-corrected chi connectivity index (χ1v) is 15.0. The van der Waals surface area contributed by atoms with Crippen LogP contribution in [0.25, 0.3) is 11.0 Å². The second-order valence-corrected chi connectivity index (χ2v) is 11.6. The molecule has 0 bridgehead atoms. The monoisotopic (exact) mass is 607 g/mol. The Morgan fingerprint density at radius 2 is 1.86 bits per heavy atom. The Labute approximate surface area is 247 Å². The first-order chi connectivity index (χ1) is 20.3. The Morgan fingerprint density at radius 1 is 1.07 bits per heavy atom. The lowest BCUT2D eigenvalue weighted by atomic mass is 10.1. The minimum absolute atomic E-state index is 0.0405. The van der Waals surface area contributed by atoms with Gasteiger partial charge in [0.2, 0.25) is 10.0 Å². The van der Waals surface area contributed by atoms with Crippen LogP contribution >= 0.6 is 11.6 Å². The molecule has 1 aliphatic rings. The number of fused-ring (bicyclic) bond motifs is 1. The highest BCUT2D eigenvalue weighted by Crippen LogP contribution is 2.32. The molecular formula is C28H28ClN8O4S+. The van der Waals surface area contributed by atoms with Crippen molar-refractivity contribution in [2.45, 2.75) is 30.2 Å². The summed E-state index contributed by atoms with van der Waals surface area (Å²) in [5.41, 5.74) is 1.47. The van der Waals surface area contributed by atoms with E-state index in [0.29, 0.717) is 34.0 Å². The second-order valence-electron chi connectivity index (χ2n) is 9.48. The first-order valence-electron chi connectivity index (χ1n) is 13.2. The van der Waals surface area contributed by atoms with Gasteiger partial charge in [-0.2, -0.15) is 0 Å². The van der Waals surface area contributed by atoms with Gasteiger partial charge in [0.1, 0.15) is 17.4 Å². The van der Waals surface area contributed by atoms with E-state index in [1.54, 1.807) is 42.5 Å². The molecule has 1 fully saturated rings. The van der Waals surface area contributed by atoms with Crippen LogP contribution in [0, 0.1) is 0 Å². The second kappa shape index (κ2) is 13.0. The summed E-state index contributed by atoms with van der Waals surface area (Å²) in [4.78, 5) is 25.2. The number of hydrogen-bond acceptors (Lipinski definition) is 9. The summed E-state index contributed by atoms with van der Waals surface area (Å²) in [5.74, 6) is -0.135. The average Bonchev–Trinajstić information content (AvgIpc) is 3.01. The number of aromatic nitrogens is 2. The van der Waals surface area contributed by atoms with Gasteiger partial charge in [-0.1, -0.05) is 36.2 Å². The van der Waals surface area contributed by atoms with Gasteiger partial charge in [-0.15, -0.1) is 0 Å². The van der Waals surface area contributed by atoms with Gasteiger partial charge in [0.25, 0.3) is 10.0 Å². The molecule has 1 aliphatic heterocycles. The highest BCUT2D eigenvalue weighted by atomic mass is 35.5. The van der Waals surface area contributed by atoms with Gasteiger partial charge in [-0.3, -0.25) is 9.52 Å². The fourth-order valence-electron chi connectivity index (χ4n) is 4.34. The number of rotatable bonds is 9. The van der Waals surface area contributed by atoms with Crippen molar-refractivity contribution in [1.29, 1.82) is 0 Å². The van der Waals surface area contributed by atoms with Crippen LogP contribution in [0.1, 0.15) is 29.6 Å². The van der Waals surface area contributed by atoms with Crippen molar-refractivity contribution in [1.82, 2.24) is 20.2 Å². The van der Waals surface area contributed by atoms with Gasteiger partial charge in [0, 0.05) is 12.1 Å². The van der Waals surface area contributed by atoms with E-state index in [2.05, 4.69) is 40.5 Å². The SMILES string of the molecule is COc1ccc(Cl)c(Nc2nc3ccccc3nc2NS(=O)(=O)c2cccc(C(=O)N=[N+]=NCC3CCCCN3)c2)c1. The summed E-state index contributed by atoms with van der Waals surface area (Å²) in [6.07, 6.45) is 3.24. The summed E-state index contributed by atoms with van der Waals surface area (Å²) in [6.45, 7) is 1.35. The summed E-state index contributed by atoms with van der Waals surface area (Å²) < 4.78 is 34.7. The van der Waals surface area contributed by atoms with E-state index in [1.807, 2.05) is 0 Å². The number of ether oxygens (including phenoxy) is 1. The van der Waals surface area contributed by atoms with E-state index in [1.165, 1.54) is 31.4 Å². The van der Waals surface area contributed by atoms with Crippen molar-refractivity contribution in [2.24, 2.45) is 10.2 Å². The molecule has 1 unspecified atom stereocenters. The fraction of sp³-hybridized carbons (Fsp3) is 0.250. The summed E-state index contributed by atoms with van der Waals surface area (Å²) >= 11 is 6.37. The van der Waals surface area contributed by atoms with E-state index >= 15 is 0 Å². The minimum Gasteiger partial charge on any atom is -0.497 e. The maximum Gasteiger partial charge on any atom is 0.360 e. The van der Waals surface area contributed by atoms with E-state index in [9.17, 15) is 13.2 Å². The Kier molecular flexibility index (Phi) is 9.03. The maximum atomic E-state index is 13.5. The van der Waals surface area contributed by atoms with Crippen molar-refractivity contribution in [3.8, 4) is 5.75 Å². The quantitative estimate of drug-likeness (QED) is 0.175. The Morgan fingerprint density at radius 3 is 2.60 bits per heavy atom. The predicted molar refractivity (Wildman–Crippen MR) is 160 cm³/mol. The van der Waals surface area contributed by atoms with Gasteiger partial charge >= 0.3 is 5.91 Å². The number of benzene rings is 3. The lowest BCUT2D eigenvalue weighted by molar-refractivity contribution is 0.0992. The van der Waals surface area contributed by atoms with E-state index < -0.39 is 15.9 Å². The number of anilines is 3. The highest BCUT2D eigenvalue weighted by molar-refractivity contribution is 7.92. The van der Waals surface area contributed by atoms with Crippen LogP contribution in [-0.4, -0.2) is 50.5 Å². The molecular weight excluding hydrogens is 580 g/mol. The first kappa shape index (κ1) is 29.1. The lowest BCUT2D eigenvalue weighted by Gasteiger charge is -2.19. The molecule has 42 heavy (non-hydrogen) atoms. The summed E-state index contributed by atoms with van der Waals surface area (Å²) in [7, 11) is -2.70. The molecule has 216 valence electrons. The topological polar surface area (TPSA) is 161 Å². The molecule has 4 aromatic rings. The zero-order valence-corrected chi connectivity index (χ0v) is 24.2. The molecule has 0 saturated carbocycles. The van der Waals surface area contributed by atoms with Gasteiger partial charge in [0.05, 0.1) is 39.3 Å². The molecule has 0 aliphatic carbocycles.